The number of halogens is 1. The molecule has 3 heteroatoms. The van der Waals surface area contributed by atoms with E-state index in [0.717, 1.165) is 11.1 Å². The van der Waals surface area contributed by atoms with Gasteiger partial charge in [0.15, 0.2) is 5.78 Å². The minimum Gasteiger partial charge on any atom is -0.496 e. The first-order chi connectivity index (χ1) is 7.88. The van der Waals surface area contributed by atoms with Crippen LogP contribution in [0, 0.1) is 19.8 Å². The molecule has 2 nitrogen and oxygen atoms in total. The highest BCUT2D eigenvalue weighted by atomic mass is 79.9. The Bertz CT molecular complexity index is 424. The summed E-state index contributed by atoms with van der Waals surface area (Å²) in [7, 11) is 1.60. The summed E-state index contributed by atoms with van der Waals surface area (Å²) in [6.45, 7) is 7.99. The summed E-state index contributed by atoms with van der Waals surface area (Å²) in [5.41, 5.74) is 2.75. The van der Waals surface area contributed by atoms with Crippen LogP contribution in [-0.4, -0.2) is 17.7 Å². The van der Waals surface area contributed by atoms with E-state index < -0.39 is 0 Å². The Kier molecular flexibility index (Phi) is 4.75. The fourth-order valence-corrected chi connectivity index (χ4v) is 2.11. The molecule has 1 aromatic rings. The lowest BCUT2D eigenvalue weighted by Gasteiger charge is -2.16. The first-order valence-corrected chi connectivity index (χ1v) is 6.63. The zero-order valence-electron chi connectivity index (χ0n) is 11.0. The second kappa shape index (κ2) is 5.67. The number of benzene rings is 1. The molecule has 0 saturated carbocycles. The van der Waals surface area contributed by atoms with Crippen LogP contribution in [0.3, 0.4) is 0 Å². The predicted molar refractivity (Wildman–Crippen MR) is 74.4 cm³/mol. The second-order valence-corrected chi connectivity index (χ2v) is 5.66. The number of aryl methyl sites for hydroxylation is 2. The third-order valence-electron chi connectivity index (χ3n) is 2.72. The number of hydrogen-bond donors (Lipinski definition) is 0. The molecule has 17 heavy (non-hydrogen) atoms. The van der Waals surface area contributed by atoms with E-state index in [1.165, 1.54) is 0 Å². The largest absolute Gasteiger partial charge is 0.496 e. The molecule has 0 saturated heterocycles. The molecule has 0 aliphatic rings. The molecule has 0 amide bonds. The highest BCUT2D eigenvalue weighted by Crippen LogP contribution is 2.29. The van der Waals surface area contributed by atoms with Crippen LogP contribution >= 0.6 is 15.9 Å². The van der Waals surface area contributed by atoms with E-state index in [2.05, 4.69) is 15.9 Å². The van der Waals surface area contributed by atoms with Crippen LogP contribution in [0.5, 0.6) is 5.75 Å². The van der Waals surface area contributed by atoms with Gasteiger partial charge < -0.3 is 4.74 Å². The zero-order valence-corrected chi connectivity index (χ0v) is 12.6. The highest BCUT2D eigenvalue weighted by Gasteiger charge is 2.24. The van der Waals surface area contributed by atoms with Crippen molar-refractivity contribution in [2.45, 2.75) is 32.5 Å². The first-order valence-electron chi connectivity index (χ1n) is 5.72. The lowest BCUT2D eigenvalue weighted by molar-refractivity contribution is 0.0975. The molecule has 0 aliphatic carbocycles. The Labute approximate surface area is 111 Å². The molecule has 1 unspecified atom stereocenters. The Morgan fingerprint density at radius 3 is 2.35 bits per heavy atom. The summed E-state index contributed by atoms with van der Waals surface area (Å²) in [5, 5.41) is 0. The molecular weight excluding hydrogens is 280 g/mol. The van der Waals surface area contributed by atoms with E-state index in [0.29, 0.717) is 11.3 Å². The Morgan fingerprint density at radius 2 is 1.88 bits per heavy atom. The van der Waals surface area contributed by atoms with Gasteiger partial charge >= 0.3 is 0 Å². The number of ketones is 1. The van der Waals surface area contributed by atoms with E-state index >= 15 is 0 Å². The first kappa shape index (κ1) is 14.2. The molecule has 0 heterocycles. The van der Waals surface area contributed by atoms with Crippen molar-refractivity contribution < 1.29 is 9.53 Å². The number of alkyl halides is 1. The van der Waals surface area contributed by atoms with Crippen molar-refractivity contribution in [3.63, 3.8) is 0 Å². The van der Waals surface area contributed by atoms with Crippen molar-refractivity contribution in [1.82, 2.24) is 0 Å². The van der Waals surface area contributed by atoms with Gasteiger partial charge in [0.2, 0.25) is 0 Å². The molecular formula is C14H19BrO2. The number of Topliss-reactive ketones (excluding diaryl/α,β-unsaturated/α-hetero) is 1. The van der Waals surface area contributed by atoms with Crippen LogP contribution in [0.1, 0.15) is 35.3 Å². The van der Waals surface area contributed by atoms with Gasteiger partial charge in [-0.2, -0.15) is 0 Å². The average Bonchev–Trinajstić information content (AvgIpc) is 2.25. The molecule has 0 aromatic heterocycles. The van der Waals surface area contributed by atoms with Crippen LogP contribution < -0.4 is 4.74 Å². The standard InChI is InChI=1S/C14H19BrO2/c1-8(2)12(15)13(16)11-7-9(3)6-10(4)14(11)17-5/h6-8,12H,1-5H3. The molecule has 1 rings (SSSR count). The maximum absolute atomic E-state index is 12.3. The zero-order chi connectivity index (χ0) is 13.2. The topological polar surface area (TPSA) is 26.3 Å². The van der Waals surface area contributed by atoms with Crippen molar-refractivity contribution in [3.05, 3.63) is 28.8 Å². The lowest BCUT2D eigenvalue weighted by atomic mass is 9.97. The number of ether oxygens (including phenoxy) is 1. The fourth-order valence-electron chi connectivity index (χ4n) is 1.86. The van der Waals surface area contributed by atoms with E-state index in [1.807, 2.05) is 39.8 Å². The minimum atomic E-state index is -0.169. The molecule has 0 fully saturated rings. The average molecular weight is 299 g/mol. The molecule has 0 N–H and O–H groups in total. The summed E-state index contributed by atoms with van der Waals surface area (Å²) in [6.07, 6.45) is 0. The van der Waals surface area contributed by atoms with Crippen molar-refractivity contribution >= 4 is 21.7 Å². The highest BCUT2D eigenvalue weighted by molar-refractivity contribution is 9.10. The van der Waals surface area contributed by atoms with Crippen LogP contribution in [0.4, 0.5) is 0 Å². The number of carbonyl (C=O) groups is 1. The molecule has 1 atom stereocenters. The van der Waals surface area contributed by atoms with Gasteiger partial charge in [-0.3, -0.25) is 4.79 Å². The van der Waals surface area contributed by atoms with Crippen LogP contribution in [-0.2, 0) is 0 Å². The van der Waals surface area contributed by atoms with Gasteiger partial charge in [0.25, 0.3) is 0 Å². The summed E-state index contributed by atoms with van der Waals surface area (Å²) < 4.78 is 5.34. The van der Waals surface area contributed by atoms with Gasteiger partial charge in [0.1, 0.15) is 5.75 Å². The van der Waals surface area contributed by atoms with Crippen LogP contribution in [0.25, 0.3) is 0 Å². The van der Waals surface area contributed by atoms with E-state index in [4.69, 9.17) is 4.74 Å². The van der Waals surface area contributed by atoms with Crippen molar-refractivity contribution in [1.29, 1.82) is 0 Å². The van der Waals surface area contributed by atoms with Gasteiger partial charge in [0, 0.05) is 0 Å². The predicted octanol–water partition coefficient (Wildman–Crippen LogP) is 3.91. The van der Waals surface area contributed by atoms with E-state index in [9.17, 15) is 4.79 Å². The number of methoxy groups -OCH3 is 1. The maximum Gasteiger partial charge on any atom is 0.180 e. The van der Waals surface area contributed by atoms with Gasteiger partial charge in [-0.15, -0.1) is 0 Å². The molecule has 0 radical (unpaired) electrons. The Balaban J connectivity index is 3.25. The number of carbonyl (C=O) groups excluding carboxylic acids is 1. The van der Waals surface area contributed by atoms with Gasteiger partial charge in [-0.05, 0) is 37.0 Å². The van der Waals surface area contributed by atoms with Crippen molar-refractivity contribution in [2.75, 3.05) is 7.11 Å². The SMILES string of the molecule is COc1c(C)cc(C)cc1C(=O)C(Br)C(C)C. The summed E-state index contributed by atoms with van der Waals surface area (Å²) in [5.74, 6) is 1.03. The minimum absolute atomic E-state index is 0.0867. The van der Waals surface area contributed by atoms with E-state index in [1.54, 1.807) is 7.11 Å². The quantitative estimate of drug-likeness (QED) is 0.622. The second-order valence-electron chi connectivity index (χ2n) is 4.67. The Morgan fingerprint density at radius 1 is 1.29 bits per heavy atom. The maximum atomic E-state index is 12.3. The normalized spacial score (nSPS) is 12.6. The van der Waals surface area contributed by atoms with Crippen LogP contribution in [0.2, 0.25) is 0 Å². The third kappa shape index (κ3) is 3.09. The smallest absolute Gasteiger partial charge is 0.180 e. The number of hydrogen-bond acceptors (Lipinski definition) is 2. The van der Waals surface area contributed by atoms with Crippen molar-refractivity contribution in [2.24, 2.45) is 5.92 Å². The van der Waals surface area contributed by atoms with Crippen LogP contribution in [0.15, 0.2) is 12.1 Å². The van der Waals surface area contributed by atoms with Gasteiger partial charge in [-0.1, -0.05) is 35.8 Å². The summed E-state index contributed by atoms with van der Waals surface area (Å²) in [6, 6.07) is 3.92. The summed E-state index contributed by atoms with van der Waals surface area (Å²) >= 11 is 3.45. The molecule has 0 aliphatic heterocycles. The molecule has 94 valence electrons. The van der Waals surface area contributed by atoms with Crippen molar-refractivity contribution in [3.8, 4) is 5.75 Å². The van der Waals surface area contributed by atoms with Gasteiger partial charge in [-0.25, -0.2) is 0 Å². The number of rotatable bonds is 4. The molecule has 0 bridgehead atoms. The van der Waals surface area contributed by atoms with Gasteiger partial charge in [0.05, 0.1) is 17.5 Å². The molecule has 0 spiro atoms. The fraction of sp³-hybridized carbons (Fsp3) is 0.500. The monoisotopic (exact) mass is 298 g/mol. The lowest BCUT2D eigenvalue weighted by Crippen LogP contribution is -2.21. The summed E-state index contributed by atoms with van der Waals surface area (Å²) in [4.78, 5) is 12.2. The van der Waals surface area contributed by atoms with E-state index in [-0.39, 0.29) is 16.5 Å². The Hall–Kier alpha value is -0.830. The molecule has 1 aromatic carbocycles. The third-order valence-corrected chi connectivity index (χ3v) is 4.20.